The molecule has 1 aliphatic carbocycles. The second-order valence-electron chi connectivity index (χ2n) is 5.68. The Labute approximate surface area is 122 Å². The van der Waals surface area contributed by atoms with Gasteiger partial charge in [0.2, 0.25) is 5.91 Å². The van der Waals surface area contributed by atoms with Crippen molar-refractivity contribution in [1.29, 1.82) is 0 Å². The number of hydrogen-bond acceptors (Lipinski definition) is 4. The van der Waals surface area contributed by atoms with Crippen LogP contribution in [0.15, 0.2) is 24.3 Å². The lowest BCUT2D eigenvalue weighted by atomic mass is 10.00. The van der Waals surface area contributed by atoms with Crippen LogP contribution in [0.3, 0.4) is 0 Å². The molecule has 1 aliphatic heterocycles. The molecule has 1 aromatic rings. The maximum atomic E-state index is 13.7. The number of nitrogens with two attached hydrogens (primary N) is 1. The lowest BCUT2D eigenvalue weighted by molar-refractivity contribution is -0.133. The Morgan fingerprint density at radius 1 is 1.29 bits per heavy atom. The average Bonchev–Trinajstić information content (AvgIpc) is 3.21. The maximum Gasteiger partial charge on any atom is 0.228 e. The van der Waals surface area contributed by atoms with Crippen LogP contribution in [0.2, 0.25) is 0 Å². The molecule has 3 rings (SSSR count). The van der Waals surface area contributed by atoms with E-state index in [1.54, 1.807) is 11.0 Å². The highest BCUT2D eigenvalue weighted by Gasteiger charge is 2.62. The van der Waals surface area contributed by atoms with Gasteiger partial charge in [-0.3, -0.25) is 9.59 Å². The van der Waals surface area contributed by atoms with Gasteiger partial charge >= 0.3 is 0 Å². The van der Waals surface area contributed by atoms with Gasteiger partial charge in [-0.25, -0.2) is 4.39 Å². The first-order valence-corrected chi connectivity index (χ1v) is 7.12. The molecule has 0 radical (unpaired) electrons. The lowest BCUT2D eigenvalue weighted by Gasteiger charge is -2.28. The van der Waals surface area contributed by atoms with Gasteiger partial charge in [-0.05, 0) is 18.6 Å². The fraction of sp³-hybridized carbons (Fsp3) is 0.467. The van der Waals surface area contributed by atoms with Crippen molar-refractivity contribution in [3.05, 3.63) is 35.6 Å². The zero-order valence-corrected chi connectivity index (χ0v) is 11.6. The number of carbonyl (C=O) groups excluding carboxylic acids is 2. The average molecular weight is 291 g/mol. The van der Waals surface area contributed by atoms with Crippen molar-refractivity contribution < 1.29 is 14.0 Å². The van der Waals surface area contributed by atoms with E-state index in [1.165, 1.54) is 18.2 Å². The molecule has 2 aliphatic rings. The van der Waals surface area contributed by atoms with E-state index in [0.717, 1.165) is 13.1 Å². The van der Waals surface area contributed by atoms with Gasteiger partial charge in [-0.1, -0.05) is 12.1 Å². The molecule has 1 heterocycles. The van der Waals surface area contributed by atoms with Gasteiger partial charge in [0.15, 0.2) is 5.78 Å². The summed E-state index contributed by atoms with van der Waals surface area (Å²) in [6.07, 6.45) is 0.295. The Kier molecular flexibility index (Phi) is 3.51. The molecule has 1 aromatic carbocycles. The molecule has 1 saturated carbocycles. The van der Waals surface area contributed by atoms with Crippen LogP contribution in [0, 0.1) is 11.7 Å². The molecular formula is C15H18FN3O2. The van der Waals surface area contributed by atoms with Gasteiger partial charge in [0.1, 0.15) is 5.82 Å². The Bertz CT molecular complexity index is 586. The number of piperazine rings is 1. The molecule has 2 fully saturated rings. The topological polar surface area (TPSA) is 75.4 Å². The van der Waals surface area contributed by atoms with Crippen molar-refractivity contribution in [2.24, 2.45) is 11.7 Å². The summed E-state index contributed by atoms with van der Waals surface area (Å²) in [7, 11) is 0. The summed E-state index contributed by atoms with van der Waals surface area (Å²) in [4.78, 5) is 26.5. The second-order valence-corrected chi connectivity index (χ2v) is 5.68. The highest BCUT2D eigenvalue weighted by Crippen LogP contribution is 2.45. The number of carbonyl (C=O) groups is 2. The first-order valence-electron chi connectivity index (χ1n) is 7.12. The summed E-state index contributed by atoms with van der Waals surface area (Å²) in [6, 6.07) is 5.75. The normalized spacial score (nSPS) is 28.3. The van der Waals surface area contributed by atoms with E-state index in [2.05, 4.69) is 5.32 Å². The Morgan fingerprint density at radius 2 is 1.95 bits per heavy atom. The molecule has 1 saturated heterocycles. The molecule has 21 heavy (non-hydrogen) atoms. The Morgan fingerprint density at radius 3 is 2.62 bits per heavy atom. The summed E-state index contributed by atoms with van der Waals surface area (Å²) in [6.45, 7) is 2.74. The van der Waals surface area contributed by atoms with E-state index in [4.69, 9.17) is 5.73 Å². The number of nitrogens with zero attached hydrogens (tertiary/aromatic N) is 1. The van der Waals surface area contributed by atoms with Gasteiger partial charge in [0, 0.05) is 26.2 Å². The summed E-state index contributed by atoms with van der Waals surface area (Å²) in [5.41, 5.74) is 4.79. The van der Waals surface area contributed by atoms with Gasteiger partial charge < -0.3 is 16.0 Å². The van der Waals surface area contributed by atoms with Crippen LogP contribution in [0.25, 0.3) is 0 Å². The summed E-state index contributed by atoms with van der Waals surface area (Å²) >= 11 is 0. The standard InChI is InChI=1S/C15H18FN3O2/c16-12-4-2-1-3-10(12)13(20)15(17)9-11(15)14(21)19-7-5-18-6-8-19/h1-4,11,18H,5-9,17H2. The van der Waals surface area contributed by atoms with Gasteiger partial charge in [-0.15, -0.1) is 0 Å². The van der Waals surface area contributed by atoms with E-state index in [1.807, 2.05) is 0 Å². The molecule has 5 nitrogen and oxygen atoms in total. The molecule has 0 bridgehead atoms. The van der Waals surface area contributed by atoms with Crippen LogP contribution >= 0.6 is 0 Å². The SMILES string of the molecule is NC1(C(=O)c2ccccc2F)CC1C(=O)N1CCNCC1. The monoisotopic (exact) mass is 291 g/mol. The predicted molar refractivity (Wildman–Crippen MR) is 75.2 cm³/mol. The molecule has 1 amide bonds. The molecule has 3 N–H and O–H groups in total. The van der Waals surface area contributed by atoms with E-state index >= 15 is 0 Å². The van der Waals surface area contributed by atoms with E-state index < -0.39 is 23.1 Å². The molecule has 6 heteroatoms. The third kappa shape index (κ3) is 2.45. The van der Waals surface area contributed by atoms with Crippen LogP contribution in [0.1, 0.15) is 16.8 Å². The Balaban J connectivity index is 1.74. The number of amides is 1. The summed E-state index contributed by atoms with van der Waals surface area (Å²) < 4.78 is 13.7. The van der Waals surface area contributed by atoms with Crippen LogP contribution in [0.4, 0.5) is 4.39 Å². The highest BCUT2D eigenvalue weighted by molar-refractivity contribution is 6.09. The molecular weight excluding hydrogens is 273 g/mol. The number of benzene rings is 1. The number of hydrogen-bond donors (Lipinski definition) is 2. The second kappa shape index (κ2) is 5.20. The van der Waals surface area contributed by atoms with Crippen molar-refractivity contribution in [3.63, 3.8) is 0 Å². The fourth-order valence-electron chi connectivity index (χ4n) is 2.84. The summed E-state index contributed by atoms with van der Waals surface area (Å²) in [5.74, 6) is -1.69. The van der Waals surface area contributed by atoms with Crippen molar-refractivity contribution in [2.45, 2.75) is 12.0 Å². The van der Waals surface area contributed by atoms with Gasteiger partial charge in [-0.2, -0.15) is 0 Å². The minimum atomic E-state index is -1.25. The smallest absolute Gasteiger partial charge is 0.228 e. The molecule has 0 spiro atoms. The number of nitrogens with one attached hydrogen (secondary N) is 1. The number of Topliss-reactive ketones (excluding diaryl/α,β-unsaturated/α-hetero) is 1. The van der Waals surface area contributed by atoms with Crippen LogP contribution in [-0.2, 0) is 4.79 Å². The zero-order chi connectivity index (χ0) is 15.0. The van der Waals surface area contributed by atoms with Crippen molar-refractivity contribution in [3.8, 4) is 0 Å². The third-order valence-electron chi connectivity index (χ3n) is 4.27. The van der Waals surface area contributed by atoms with Crippen molar-refractivity contribution in [2.75, 3.05) is 26.2 Å². The van der Waals surface area contributed by atoms with E-state index in [-0.39, 0.29) is 11.5 Å². The van der Waals surface area contributed by atoms with Crippen molar-refractivity contribution >= 4 is 11.7 Å². The van der Waals surface area contributed by atoms with E-state index in [0.29, 0.717) is 19.5 Å². The first kappa shape index (κ1) is 14.2. The zero-order valence-electron chi connectivity index (χ0n) is 11.6. The number of ketones is 1. The fourth-order valence-corrected chi connectivity index (χ4v) is 2.84. The first-order chi connectivity index (χ1) is 10.0. The quantitative estimate of drug-likeness (QED) is 0.778. The van der Waals surface area contributed by atoms with Gasteiger partial charge in [0.05, 0.1) is 17.0 Å². The van der Waals surface area contributed by atoms with Gasteiger partial charge in [0.25, 0.3) is 0 Å². The van der Waals surface area contributed by atoms with Crippen LogP contribution in [0.5, 0.6) is 0 Å². The minimum Gasteiger partial charge on any atom is -0.340 e. The Hall–Kier alpha value is -1.79. The molecule has 2 atom stereocenters. The van der Waals surface area contributed by atoms with Crippen LogP contribution < -0.4 is 11.1 Å². The lowest BCUT2D eigenvalue weighted by Crippen LogP contribution is -2.49. The largest absolute Gasteiger partial charge is 0.340 e. The minimum absolute atomic E-state index is 0.0318. The highest BCUT2D eigenvalue weighted by atomic mass is 19.1. The molecule has 2 unspecified atom stereocenters. The maximum absolute atomic E-state index is 13.7. The third-order valence-corrected chi connectivity index (χ3v) is 4.27. The summed E-state index contributed by atoms with van der Waals surface area (Å²) in [5, 5.41) is 3.16. The predicted octanol–water partition coefficient (Wildman–Crippen LogP) is 0.158. The molecule has 112 valence electrons. The van der Waals surface area contributed by atoms with E-state index in [9.17, 15) is 14.0 Å². The number of halogens is 1. The number of rotatable bonds is 3. The molecule has 0 aromatic heterocycles. The van der Waals surface area contributed by atoms with Crippen LogP contribution in [-0.4, -0.2) is 48.3 Å². The van der Waals surface area contributed by atoms with Crippen molar-refractivity contribution in [1.82, 2.24) is 10.2 Å².